The van der Waals surface area contributed by atoms with Crippen LogP contribution in [0, 0.1) is 0 Å². The Morgan fingerprint density at radius 1 is 0.743 bits per heavy atom. The van der Waals surface area contributed by atoms with Crippen LogP contribution in [-0.2, 0) is 32.7 Å². The molecule has 0 fully saturated rings. The van der Waals surface area contributed by atoms with E-state index in [1.54, 1.807) is 39.8 Å². The van der Waals surface area contributed by atoms with E-state index in [1.807, 2.05) is 0 Å². The standard InChI is InChI=1S/C24H46O9Si2/c1-9-11-21(27)31-23(29-17-19(3)25)13-15-34(5,6)33-35(7,8)16-14-24(30-18-20(4)26)32-22(28)12-10-2/h9-12,19-20,23-26H,13-18H2,1-8H3. The third-order valence-electron chi connectivity index (χ3n) is 4.66. The van der Waals surface area contributed by atoms with Gasteiger partial charge in [0.15, 0.2) is 16.6 Å². The molecule has 0 aliphatic heterocycles. The predicted molar refractivity (Wildman–Crippen MR) is 140 cm³/mol. The SMILES string of the molecule is CC=CC(=O)OC(CC[Si](C)(C)O[Si](C)(C)CCC(OCC(C)O)OC(=O)C=CC)OCC(C)O. The number of esters is 2. The molecule has 0 aliphatic rings. The molecule has 0 radical (unpaired) electrons. The lowest BCUT2D eigenvalue weighted by Crippen LogP contribution is -2.45. The van der Waals surface area contributed by atoms with Gasteiger partial charge >= 0.3 is 11.9 Å². The van der Waals surface area contributed by atoms with E-state index in [1.165, 1.54) is 12.2 Å². The van der Waals surface area contributed by atoms with Crippen molar-refractivity contribution in [1.82, 2.24) is 0 Å². The van der Waals surface area contributed by atoms with Gasteiger partial charge in [-0.1, -0.05) is 12.2 Å². The maximum atomic E-state index is 11.9. The number of allylic oxidation sites excluding steroid dienone is 2. The molecule has 2 N–H and O–H groups in total. The van der Waals surface area contributed by atoms with E-state index in [4.69, 9.17) is 23.1 Å². The van der Waals surface area contributed by atoms with Crippen molar-refractivity contribution >= 4 is 28.6 Å². The molecule has 0 saturated heterocycles. The summed E-state index contributed by atoms with van der Waals surface area (Å²) in [5.41, 5.74) is 0. The Morgan fingerprint density at radius 3 is 1.37 bits per heavy atom. The van der Waals surface area contributed by atoms with Gasteiger partial charge < -0.3 is 33.3 Å². The number of carbonyl (C=O) groups excluding carboxylic acids is 2. The van der Waals surface area contributed by atoms with Crippen molar-refractivity contribution in [3.05, 3.63) is 24.3 Å². The monoisotopic (exact) mass is 534 g/mol. The fourth-order valence-electron chi connectivity index (χ4n) is 3.24. The van der Waals surface area contributed by atoms with Crippen LogP contribution >= 0.6 is 0 Å². The zero-order chi connectivity index (χ0) is 27.1. The van der Waals surface area contributed by atoms with Gasteiger partial charge in [0.1, 0.15) is 0 Å². The Bertz CT molecular complexity index is 620. The molecule has 9 nitrogen and oxygen atoms in total. The highest BCUT2D eigenvalue weighted by atomic mass is 28.4. The average Bonchev–Trinajstić information content (AvgIpc) is 2.71. The zero-order valence-electron chi connectivity index (χ0n) is 22.6. The van der Waals surface area contributed by atoms with Crippen LogP contribution in [0.5, 0.6) is 0 Å². The third-order valence-corrected chi connectivity index (χ3v) is 12.1. The van der Waals surface area contributed by atoms with Crippen molar-refractivity contribution in [2.45, 2.75) is 104 Å². The maximum Gasteiger partial charge on any atom is 0.332 e. The minimum Gasteiger partial charge on any atom is -0.455 e. The normalized spacial score (nSPS) is 16.3. The lowest BCUT2D eigenvalue weighted by atomic mass is 10.4. The molecule has 0 aromatic rings. The first-order valence-corrected chi connectivity index (χ1v) is 18.4. The van der Waals surface area contributed by atoms with Crippen LogP contribution < -0.4 is 0 Å². The Balaban J connectivity index is 5.02. The quantitative estimate of drug-likeness (QED) is 0.117. The lowest BCUT2D eigenvalue weighted by molar-refractivity contribution is -0.179. The predicted octanol–water partition coefficient (Wildman–Crippen LogP) is 3.88. The molecule has 0 amide bonds. The van der Waals surface area contributed by atoms with Crippen LogP contribution in [0.1, 0.15) is 40.5 Å². The molecule has 0 aromatic carbocycles. The van der Waals surface area contributed by atoms with E-state index in [-0.39, 0.29) is 13.2 Å². The van der Waals surface area contributed by atoms with Crippen molar-refractivity contribution < 1.29 is 42.9 Å². The molecule has 4 unspecified atom stereocenters. The van der Waals surface area contributed by atoms with Crippen LogP contribution in [0.3, 0.4) is 0 Å². The van der Waals surface area contributed by atoms with E-state index in [0.29, 0.717) is 24.9 Å². The van der Waals surface area contributed by atoms with Crippen molar-refractivity contribution in [3.8, 4) is 0 Å². The summed E-state index contributed by atoms with van der Waals surface area (Å²) < 4.78 is 28.6. The van der Waals surface area contributed by atoms with Crippen LogP contribution in [0.25, 0.3) is 0 Å². The Morgan fingerprint density at radius 2 is 1.09 bits per heavy atom. The molecule has 0 spiro atoms. The summed E-state index contributed by atoms with van der Waals surface area (Å²) in [5.74, 6) is -0.984. The number of rotatable bonds is 18. The summed E-state index contributed by atoms with van der Waals surface area (Å²) >= 11 is 0. The first-order chi connectivity index (χ1) is 16.2. The molecule has 35 heavy (non-hydrogen) atoms. The molecule has 204 valence electrons. The highest BCUT2D eigenvalue weighted by molar-refractivity contribution is 6.84. The number of hydrogen-bond donors (Lipinski definition) is 2. The third kappa shape index (κ3) is 18.6. The van der Waals surface area contributed by atoms with E-state index in [9.17, 15) is 19.8 Å². The summed E-state index contributed by atoms with van der Waals surface area (Å²) in [6, 6.07) is 1.38. The van der Waals surface area contributed by atoms with Crippen LogP contribution in [0.15, 0.2) is 24.3 Å². The topological polar surface area (TPSA) is 121 Å². The number of hydrogen-bond acceptors (Lipinski definition) is 9. The van der Waals surface area contributed by atoms with Gasteiger partial charge in [0.25, 0.3) is 0 Å². The van der Waals surface area contributed by atoms with E-state index in [0.717, 1.165) is 0 Å². The molecule has 4 atom stereocenters. The van der Waals surface area contributed by atoms with Gasteiger partial charge in [-0.15, -0.1) is 0 Å². The number of carbonyl (C=O) groups is 2. The highest BCUT2D eigenvalue weighted by Gasteiger charge is 2.35. The number of aliphatic hydroxyl groups excluding tert-OH is 2. The molecule has 0 aliphatic carbocycles. The average molecular weight is 535 g/mol. The Kier molecular flexibility index (Phi) is 16.5. The lowest BCUT2D eigenvalue weighted by Gasteiger charge is -2.35. The molecule has 0 heterocycles. The van der Waals surface area contributed by atoms with Gasteiger partial charge in [0.05, 0.1) is 25.4 Å². The van der Waals surface area contributed by atoms with Gasteiger partial charge in [-0.25, -0.2) is 9.59 Å². The minimum atomic E-state index is -2.17. The van der Waals surface area contributed by atoms with E-state index >= 15 is 0 Å². The number of aliphatic hydroxyl groups is 2. The van der Waals surface area contributed by atoms with Crippen molar-refractivity contribution in [2.24, 2.45) is 0 Å². The largest absolute Gasteiger partial charge is 0.455 e. The molecular weight excluding hydrogens is 488 g/mol. The van der Waals surface area contributed by atoms with Crippen LogP contribution in [0.2, 0.25) is 38.3 Å². The summed E-state index contributed by atoms with van der Waals surface area (Å²) in [5, 5.41) is 19.1. The molecule has 0 aromatic heterocycles. The second-order valence-corrected chi connectivity index (χ2v) is 18.7. The second kappa shape index (κ2) is 17.2. The Labute approximate surface area is 212 Å². The van der Waals surface area contributed by atoms with Gasteiger partial charge in [-0.3, -0.25) is 0 Å². The smallest absolute Gasteiger partial charge is 0.332 e. The van der Waals surface area contributed by atoms with E-state index < -0.39 is 53.4 Å². The molecular formula is C24H46O9Si2. The molecule has 0 saturated carbocycles. The van der Waals surface area contributed by atoms with Crippen LogP contribution in [0.4, 0.5) is 0 Å². The van der Waals surface area contributed by atoms with E-state index in [2.05, 4.69) is 26.2 Å². The van der Waals surface area contributed by atoms with Crippen molar-refractivity contribution in [3.63, 3.8) is 0 Å². The van der Waals surface area contributed by atoms with Crippen LogP contribution in [-0.4, -0.2) is 76.8 Å². The van der Waals surface area contributed by atoms with Gasteiger partial charge in [0.2, 0.25) is 12.6 Å². The zero-order valence-corrected chi connectivity index (χ0v) is 24.6. The Hall–Kier alpha value is -1.35. The first-order valence-electron chi connectivity index (χ1n) is 12.2. The fourth-order valence-corrected chi connectivity index (χ4v) is 11.9. The first kappa shape index (κ1) is 33.7. The summed E-state index contributed by atoms with van der Waals surface area (Å²) in [6.07, 6.45) is 3.89. The second-order valence-electron chi connectivity index (χ2n) is 9.80. The highest BCUT2D eigenvalue weighted by Crippen LogP contribution is 2.26. The van der Waals surface area contributed by atoms with Crippen molar-refractivity contribution in [1.29, 1.82) is 0 Å². The summed E-state index contributed by atoms with van der Waals surface area (Å²) in [4.78, 5) is 23.8. The molecule has 0 rings (SSSR count). The summed E-state index contributed by atoms with van der Waals surface area (Å²) in [6.45, 7) is 15.2. The molecule has 0 bridgehead atoms. The van der Waals surface area contributed by atoms with Crippen molar-refractivity contribution in [2.75, 3.05) is 13.2 Å². The van der Waals surface area contributed by atoms with Gasteiger partial charge in [0, 0.05) is 25.0 Å². The van der Waals surface area contributed by atoms with Gasteiger partial charge in [-0.2, -0.15) is 0 Å². The number of ether oxygens (including phenoxy) is 4. The minimum absolute atomic E-state index is 0.0661. The molecule has 11 heteroatoms. The fraction of sp³-hybridized carbons (Fsp3) is 0.750. The summed E-state index contributed by atoms with van der Waals surface area (Å²) in [7, 11) is -4.34. The van der Waals surface area contributed by atoms with Gasteiger partial charge in [-0.05, 0) is 66.0 Å². The maximum absolute atomic E-state index is 11.9.